The SMILES string of the molecule is CCc1cccc(CC)c1NC(N)=NCc1cccc2cccnc12. The Morgan fingerprint density at radius 3 is 2.32 bits per heavy atom. The standard InChI is InChI=1S/C21H24N4/c1-3-15-8-5-9-16(4-2)20(15)25-21(22)24-14-18-11-6-10-17-12-7-13-23-19(17)18/h5-13H,3-4,14H2,1-2H3,(H3,22,24,25). The summed E-state index contributed by atoms with van der Waals surface area (Å²) in [5.41, 5.74) is 11.8. The van der Waals surface area contributed by atoms with Gasteiger partial charge in [-0.05, 0) is 35.6 Å². The van der Waals surface area contributed by atoms with E-state index in [-0.39, 0.29) is 0 Å². The Labute approximate surface area is 148 Å². The van der Waals surface area contributed by atoms with E-state index in [9.17, 15) is 0 Å². The van der Waals surface area contributed by atoms with Gasteiger partial charge in [-0.25, -0.2) is 4.99 Å². The van der Waals surface area contributed by atoms with Gasteiger partial charge in [0.25, 0.3) is 0 Å². The van der Waals surface area contributed by atoms with Gasteiger partial charge in [0.05, 0.1) is 12.1 Å². The average molecular weight is 332 g/mol. The number of aryl methyl sites for hydroxylation is 2. The number of para-hydroxylation sites is 2. The van der Waals surface area contributed by atoms with Crippen LogP contribution in [-0.2, 0) is 19.4 Å². The van der Waals surface area contributed by atoms with Crippen LogP contribution in [0.1, 0.15) is 30.5 Å². The van der Waals surface area contributed by atoms with Gasteiger partial charge in [-0.2, -0.15) is 0 Å². The van der Waals surface area contributed by atoms with Crippen LogP contribution < -0.4 is 11.1 Å². The maximum Gasteiger partial charge on any atom is 0.193 e. The lowest BCUT2D eigenvalue weighted by atomic mass is 10.0. The second-order valence-electron chi connectivity index (χ2n) is 5.98. The Bertz CT molecular complexity index is 872. The molecule has 25 heavy (non-hydrogen) atoms. The first-order valence-corrected chi connectivity index (χ1v) is 8.73. The lowest BCUT2D eigenvalue weighted by molar-refractivity contribution is 1.06. The van der Waals surface area contributed by atoms with E-state index in [1.165, 1.54) is 11.1 Å². The van der Waals surface area contributed by atoms with Crippen molar-refractivity contribution in [1.82, 2.24) is 4.98 Å². The smallest absolute Gasteiger partial charge is 0.193 e. The molecule has 0 aliphatic heterocycles. The summed E-state index contributed by atoms with van der Waals surface area (Å²) in [6, 6.07) is 16.5. The molecule has 1 heterocycles. The average Bonchev–Trinajstić information content (AvgIpc) is 2.66. The number of nitrogens with two attached hydrogens (primary N) is 1. The molecule has 2 aromatic carbocycles. The number of anilines is 1. The molecule has 0 aliphatic rings. The fourth-order valence-corrected chi connectivity index (χ4v) is 3.04. The van der Waals surface area contributed by atoms with Crippen LogP contribution in [0.25, 0.3) is 10.9 Å². The van der Waals surface area contributed by atoms with Gasteiger partial charge in [-0.1, -0.05) is 56.3 Å². The zero-order chi connectivity index (χ0) is 17.6. The van der Waals surface area contributed by atoms with Crippen molar-refractivity contribution in [1.29, 1.82) is 0 Å². The summed E-state index contributed by atoms with van der Waals surface area (Å²) in [7, 11) is 0. The van der Waals surface area contributed by atoms with E-state index in [4.69, 9.17) is 5.73 Å². The molecule has 3 aromatic rings. The second kappa shape index (κ2) is 7.79. The molecule has 4 nitrogen and oxygen atoms in total. The van der Waals surface area contributed by atoms with Crippen LogP contribution in [0.4, 0.5) is 5.69 Å². The topological polar surface area (TPSA) is 63.3 Å². The Morgan fingerprint density at radius 1 is 0.960 bits per heavy atom. The van der Waals surface area contributed by atoms with Crippen molar-refractivity contribution in [2.45, 2.75) is 33.2 Å². The Balaban J connectivity index is 1.83. The molecule has 0 atom stereocenters. The van der Waals surface area contributed by atoms with E-state index in [0.29, 0.717) is 12.5 Å². The number of nitrogens with zero attached hydrogens (tertiary/aromatic N) is 2. The highest BCUT2D eigenvalue weighted by Gasteiger charge is 2.07. The maximum absolute atomic E-state index is 6.16. The molecule has 0 saturated heterocycles. The number of pyridine rings is 1. The van der Waals surface area contributed by atoms with E-state index in [1.807, 2.05) is 24.4 Å². The molecular formula is C21H24N4. The van der Waals surface area contributed by atoms with Gasteiger partial charge < -0.3 is 11.1 Å². The number of nitrogens with one attached hydrogen (secondary N) is 1. The number of guanidine groups is 1. The molecule has 0 fully saturated rings. The van der Waals surface area contributed by atoms with Crippen LogP contribution in [0.3, 0.4) is 0 Å². The largest absolute Gasteiger partial charge is 0.370 e. The highest BCUT2D eigenvalue weighted by molar-refractivity contribution is 5.94. The second-order valence-corrected chi connectivity index (χ2v) is 5.98. The third kappa shape index (κ3) is 3.79. The molecule has 128 valence electrons. The molecule has 0 saturated carbocycles. The van der Waals surface area contributed by atoms with Crippen molar-refractivity contribution >= 4 is 22.5 Å². The van der Waals surface area contributed by atoms with E-state index >= 15 is 0 Å². The van der Waals surface area contributed by atoms with Crippen LogP contribution in [-0.4, -0.2) is 10.9 Å². The lowest BCUT2D eigenvalue weighted by Gasteiger charge is -2.15. The predicted octanol–water partition coefficient (Wildman–Crippen LogP) is 4.29. The monoisotopic (exact) mass is 332 g/mol. The minimum atomic E-state index is 0.434. The Kier molecular flexibility index (Phi) is 5.29. The van der Waals surface area contributed by atoms with Crippen LogP contribution in [0, 0.1) is 0 Å². The van der Waals surface area contributed by atoms with Crippen molar-refractivity contribution in [3.05, 3.63) is 71.4 Å². The van der Waals surface area contributed by atoms with Crippen LogP contribution in [0.2, 0.25) is 0 Å². The third-order valence-corrected chi connectivity index (χ3v) is 4.39. The molecule has 0 spiro atoms. The third-order valence-electron chi connectivity index (χ3n) is 4.39. The normalized spacial score (nSPS) is 11.7. The molecule has 0 amide bonds. The molecule has 0 aliphatic carbocycles. The van der Waals surface area contributed by atoms with Gasteiger partial charge in [0.1, 0.15) is 0 Å². The molecule has 1 aromatic heterocycles. The van der Waals surface area contributed by atoms with Gasteiger partial charge in [-0.15, -0.1) is 0 Å². The predicted molar refractivity (Wildman–Crippen MR) is 106 cm³/mol. The molecule has 4 heteroatoms. The van der Waals surface area contributed by atoms with Gasteiger partial charge >= 0.3 is 0 Å². The van der Waals surface area contributed by atoms with Gasteiger partial charge in [0, 0.05) is 17.3 Å². The molecule has 0 unspecified atom stereocenters. The summed E-state index contributed by atoms with van der Waals surface area (Å²) in [6.07, 6.45) is 3.72. The minimum Gasteiger partial charge on any atom is -0.370 e. The first kappa shape index (κ1) is 17.0. The number of hydrogen-bond acceptors (Lipinski definition) is 2. The van der Waals surface area contributed by atoms with E-state index in [2.05, 4.69) is 59.5 Å². The number of hydrogen-bond donors (Lipinski definition) is 2. The number of aromatic nitrogens is 1. The first-order valence-electron chi connectivity index (χ1n) is 8.73. The fourth-order valence-electron chi connectivity index (χ4n) is 3.04. The van der Waals surface area contributed by atoms with E-state index < -0.39 is 0 Å². The quantitative estimate of drug-likeness (QED) is 0.541. The number of benzene rings is 2. The van der Waals surface area contributed by atoms with Crippen molar-refractivity contribution in [2.24, 2.45) is 10.7 Å². The van der Waals surface area contributed by atoms with Gasteiger partial charge in [0.15, 0.2) is 5.96 Å². The zero-order valence-corrected chi connectivity index (χ0v) is 14.8. The maximum atomic E-state index is 6.16. The fraction of sp³-hybridized carbons (Fsp3) is 0.238. The van der Waals surface area contributed by atoms with Crippen molar-refractivity contribution in [3.8, 4) is 0 Å². The molecule has 0 bridgehead atoms. The molecule has 0 radical (unpaired) electrons. The molecule has 3 rings (SSSR count). The van der Waals surface area contributed by atoms with Gasteiger partial charge in [-0.3, -0.25) is 4.98 Å². The van der Waals surface area contributed by atoms with Gasteiger partial charge in [0.2, 0.25) is 0 Å². The molecular weight excluding hydrogens is 308 g/mol. The summed E-state index contributed by atoms with van der Waals surface area (Å²) in [4.78, 5) is 9.00. The summed E-state index contributed by atoms with van der Waals surface area (Å²) in [5, 5.41) is 4.42. The Hall–Kier alpha value is -2.88. The van der Waals surface area contributed by atoms with Crippen LogP contribution in [0.15, 0.2) is 59.7 Å². The van der Waals surface area contributed by atoms with Crippen molar-refractivity contribution < 1.29 is 0 Å². The van der Waals surface area contributed by atoms with Crippen LogP contribution >= 0.6 is 0 Å². The number of fused-ring (bicyclic) bond motifs is 1. The molecule has 3 N–H and O–H groups in total. The highest BCUT2D eigenvalue weighted by atomic mass is 15.1. The highest BCUT2D eigenvalue weighted by Crippen LogP contribution is 2.22. The van der Waals surface area contributed by atoms with E-state index in [1.54, 1.807) is 0 Å². The summed E-state index contributed by atoms with van der Waals surface area (Å²) >= 11 is 0. The Morgan fingerprint density at radius 2 is 1.60 bits per heavy atom. The summed E-state index contributed by atoms with van der Waals surface area (Å²) in [6.45, 7) is 4.80. The summed E-state index contributed by atoms with van der Waals surface area (Å²) < 4.78 is 0. The zero-order valence-electron chi connectivity index (χ0n) is 14.8. The van der Waals surface area contributed by atoms with Crippen molar-refractivity contribution in [2.75, 3.05) is 5.32 Å². The summed E-state index contributed by atoms with van der Waals surface area (Å²) in [5.74, 6) is 0.434. The minimum absolute atomic E-state index is 0.434. The van der Waals surface area contributed by atoms with E-state index in [0.717, 1.165) is 35.0 Å². The van der Waals surface area contributed by atoms with Crippen molar-refractivity contribution in [3.63, 3.8) is 0 Å². The van der Waals surface area contributed by atoms with Crippen LogP contribution in [0.5, 0.6) is 0 Å². The lowest BCUT2D eigenvalue weighted by Crippen LogP contribution is -2.24. The number of rotatable bonds is 5. The number of aliphatic imine (C=N–C) groups is 1. The first-order chi connectivity index (χ1) is 12.2.